The zero-order chi connectivity index (χ0) is 22.9. The van der Waals surface area contributed by atoms with E-state index in [4.69, 9.17) is 0 Å². The molecule has 2 aliphatic rings. The van der Waals surface area contributed by atoms with Crippen LogP contribution in [0.5, 0.6) is 0 Å². The van der Waals surface area contributed by atoms with E-state index in [1.165, 1.54) is 5.56 Å². The number of benzene rings is 3. The van der Waals surface area contributed by atoms with E-state index in [0.29, 0.717) is 12.2 Å². The number of hydrogen-bond acceptors (Lipinski definition) is 3. The van der Waals surface area contributed by atoms with E-state index in [1.807, 2.05) is 50.5 Å². The second-order valence-corrected chi connectivity index (χ2v) is 9.28. The lowest BCUT2D eigenvalue weighted by molar-refractivity contribution is -0.121. The van der Waals surface area contributed by atoms with E-state index in [2.05, 4.69) is 28.0 Å². The molecule has 0 N–H and O–H groups in total. The van der Waals surface area contributed by atoms with E-state index in [9.17, 15) is 4.79 Å². The van der Waals surface area contributed by atoms with E-state index in [0.717, 1.165) is 54.7 Å². The summed E-state index contributed by atoms with van der Waals surface area (Å²) in [6.07, 6.45) is 2.62. The Balaban J connectivity index is 1.42. The molecule has 2 aliphatic heterocycles. The van der Waals surface area contributed by atoms with Crippen molar-refractivity contribution in [1.82, 2.24) is 4.90 Å². The van der Waals surface area contributed by atoms with Gasteiger partial charge >= 0.3 is 0 Å². The van der Waals surface area contributed by atoms with Crippen molar-refractivity contribution in [3.63, 3.8) is 0 Å². The Morgan fingerprint density at radius 1 is 0.970 bits per heavy atom. The molecule has 1 unspecified atom stereocenters. The lowest BCUT2D eigenvalue weighted by Gasteiger charge is -2.38. The first-order valence-electron chi connectivity index (χ1n) is 11.7. The molecule has 1 saturated heterocycles. The van der Waals surface area contributed by atoms with Gasteiger partial charge in [-0.05, 0) is 73.8 Å². The Morgan fingerprint density at radius 2 is 1.76 bits per heavy atom. The van der Waals surface area contributed by atoms with Crippen LogP contribution in [-0.2, 0) is 17.8 Å². The fraction of sp³-hybridized carbons (Fsp3) is 0.321. The molecule has 170 valence electrons. The molecule has 0 aliphatic carbocycles. The highest BCUT2D eigenvalue weighted by Crippen LogP contribution is 2.35. The molecular weight excluding hydrogens is 413 g/mol. The molecule has 0 aromatic heterocycles. The van der Waals surface area contributed by atoms with Gasteiger partial charge in [0.05, 0.1) is 5.69 Å². The van der Waals surface area contributed by atoms with Crippen molar-refractivity contribution in [3.05, 3.63) is 83.7 Å². The highest BCUT2D eigenvalue weighted by atomic mass is 19.1. The maximum absolute atomic E-state index is 15.4. The van der Waals surface area contributed by atoms with E-state index >= 15 is 4.39 Å². The fourth-order valence-electron chi connectivity index (χ4n) is 5.25. The first-order chi connectivity index (χ1) is 16.0. The minimum atomic E-state index is -0.344. The van der Waals surface area contributed by atoms with Gasteiger partial charge in [-0.1, -0.05) is 48.5 Å². The minimum absolute atomic E-state index is 0.00221. The van der Waals surface area contributed by atoms with Gasteiger partial charge in [0.15, 0.2) is 0 Å². The first-order valence-corrected chi connectivity index (χ1v) is 11.7. The number of piperidine rings is 1. The number of halogens is 1. The largest absolute Gasteiger partial charge is 0.359 e. The molecule has 3 aromatic rings. The monoisotopic (exact) mass is 443 g/mol. The van der Waals surface area contributed by atoms with Gasteiger partial charge in [0.25, 0.3) is 0 Å². The van der Waals surface area contributed by atoms with Gasteiger partial charge < -0.3 is 14.7 Å². The van der Waals surface area contributed by atoms with Crippen LogP contribution in [0.25, 0.3) is 11.1 Å². The van der Waals surface area contributed by atoms with Crippen LogP contribution < -0.4 is 9.80 Å². The number of carbonyl (C=O) groups excluding carboxylic acids is 1. The van der Waals surface area contributed by atoms with Crippen LogP contribution in [0.2, 0.25) is 0 Å². The Kier molecular flexibility index (Phi) is 5.90. The third-order valence-electron chi connectivity index (χ3n) is 6.76. The fourth-order valence-corrected chi connectivity index (χ4v) is 5.25. The summed E-state index contributed by atoms with van der Waals surface area (Å²) in [5, 5.41) is 0. The second-order valence-electron chi connectivity index (χ2n) is 9.28. The van der Waals surface area contributed by atoms with Crippen molar-refractivity contribution in [2.24, 2.45) is 0 Å². The van der Waals surface area contributed by atoms with Crippen molar-refractivity contribution < 1.29 is 9.18 Å². The van der Waals surface area contributed by atoms with Crippen molar-refractivity contribution in [3.8, 4) is 11.1 Å². The number of amides is 1. The predicted molar refractivity (Wildman–Crippen MR) is 132 cm³/mol. The molecule has 1 amide bonds. The zero-order valence-electron chi connectivity index (χ0n) is 19.3. The summed E-state index contributed by atoms with van der Waals surface area (Å²) in [6, 6.07) is 21.4. The second kappa shape index (κ2) is 8.99. The minimum Gasteiger partial charge on any atom is -0.359 e. The molecule has 33 heavy (non-hydrogen) atoms. The molecule has 0 bridgehead atoms. The summed E-state index contributed by atoms with van der Waals surface area (Å²) >= 11 is 0. The Morgan fingerprint density at radius 3 is 2.58 bits per heavy atom. The average molecular weight is 444 g/mol. The molecule has 0 spiro atoms. The molecule has 3 aromatic carbocycles. The number of hydrogen-bond donors (Lipinski definition) is 0. The van der Waals surface area contributed by atoms with Crippen LogP contribution in [0.4, 0.5) is 15.8 Å². The van der Waals surface area contributed by atoms with E-state index in [1.54, 1.807) is 17.0 Å². The molecular formula is C28H30FN3O. The van der Waals surface area contributed by atoms with Crippen LogP contribution in [0.1, 0.15) is 24.0 Å². The number of anilines is 2. The van der Waals surface area contributed by atoms with Crippen molar-refractivity contribution in [1.29, 1.82) is 0 Å². The molecule has 5 rings (SSSR count). The highest BCUT2D eigenvalue weighted by molar-refractivity contribution is 6.00. The van der Waals surface area contributed by atoms with Crippen molar-refractivity contribution in [2.75, 3.05) is 37.0 Å². The average Bonchev–Trinajstić information content (AvgIpc) is 3.23. The van der Waals surface area contributed by atoms with Gasteiger partial charge in [-0.3, -0.25) is 4.79 Å². The van der Waals surface area contributed by atoms with Gasteiger partial charge in [0.2, 0.25) is 5.91 Å². The summed E-state index contributed by atoms with van der Waals surface area (Å²) in [5.41, 5.74) is 5.82. The third kappa shape index (κ3) is 4.13. The molecule has 5 heteroatoms. The Hall–Kier alpha value is -3.18. The molecule has 1 atom stereocenters. The third-order valence-corrected chi connectivity index (χ3v) is 6.76. The van der Waals surface area contributed by atoms with Crippen molar-refractivity contribution >= 4 is 17.3 Å². The van der Waals surface area contributed by atoms with Gasteiger partial charge in [0.1, 0.15) is 11.9 Å². The zero-order valence-corrected chi connectivity index (χ0v) is 19.3. The topological polar surface area (TPSA) is 26.8 Å². The number of para-hydroxylation sites is 1. The molecule has 1 fully saturated rings. The predicted octanol–water partition coefficient (Wildman–Crippen LogP) is 5.11. The van der Waals surface area contributed by atoms with Gasteiger partial charge in [-0.25, -0.2) is 4.39 Å². The van der Waals surface area contributed by atoms with Gasteiger partial charge in [0, 0.05) is 25.3 Å². The van der Waals surface area contributed by atoms with Crippen LogP contribution >= 0.6 is 0 Å². The van der Waals surface area contributed by atoms with Crippen LogP contribution in [0.3, 0.4) is 0 Å². The highest BCUT2D eigenvalue weighted by Gasteiger charge is 2.37. The molecule has 2 heterocycles. The smallest absolute Gasteiger partial charge is 0.249 e. The first kappa shape index (κ1) is 21.7. The summed E-state index contributed by atoms with van der Waals surface area (Å²) in [6.45, 7) is 2.18. The number of nitrogens with zero attached hydrogens (tertiary/aromatic N) is 3. The molecule has 0 radical (unpaired) electrons. The van der Waals surface area contributed by atoms with Crippen LogP contribution in [-0.4, -0.2) is 44.0 Å². The molecule has 4 nitrogen and oxygen atoms in total. The lowest BCUT2D eigenvalue weighted by Crippen LogP contribution is -2.52. The van der Waals surface area contributed by atoms with E-state index in [-0.39, 0.29) is 17.8 Å². The van der Waals surface area contributed by atoms with Crippen LogP contribution in [0, 0.1) is 5.82 Å². The standard InChI is InChI=1S/C28H30FN3O/c1-30(2)19-22-9-3-5-10-23(22)21-13-14-26(24(29)18-21)32-16-7-12-27(28(32)33)31-17-15-20-8-4-6-11-25(20)31/h3-6,8-11,13-14,18,27H,7,12,15-17,19H2,1-2H3. The number of fused-ring (bicyclic) bond motifs is 1. The van der Waals surface area contributed by atoms with Crippen LogP contribution in [0.15, 0.2) is 66.7 Å². The van der Waals surface area contributed by atoms with Gasteiger partial charge in [-0.2, -0.15) is 0 Å². The normalized spacial score (nSPS) is 18.2. The number of rotatable bonds is 5. The SMILES string of the molecule is CN(C)Cc1ccccc1-c1ccc(N2CCCC(N3CCc4ccccc43)C2=O)c(F)c1. The summed E-state index contributed by atoms with van der Waals surface area (Å²) in [7, 11) is 4.05. The lowest BCUT2D eigenvalue weighted by atomic mass is 9.97. The Labute approximate surface area is 195 Å². The maximum atomic E-state index is 15.4. The van der Waals surface area contributed by atoms with Gasteiger partial charge in [-0.15, -0.1) is 0 Å². The van der Waals surface area contributed by atoms with E-state index < -0.39 is 0 Å². The Bertz CT molecular complexity index is 1180. The summed E-state index contributed by atoms with van der Waals surface area (Å²) < 4.78 is 15.4. The van der Waals surface area contributed by atoms with Crippen molar-refractivity contribution in [2.45, 2.75) is 31.8 Å². The maximum Gasteiger partial charge on any atom is 0.249 e. The molecule has 0 saturated carbocycles. The summed E-state index contributed by atoms with van der Waals surface area (Å²) in [5.74, 6) is -0.347. The summed E-state index contributed by atoms with van der Waals surface area (Å²) in [4.78, 5) is 19.5. The quantitative estimate of drug-likeness (QED) is 0.548. The number of carbonyl (C=O) groups is 1.